The number of urea groups is 1. The molecule has 0 bridgehead atoms. The number of primary amides is 1. The quantitative estimate of drug-likeness (QED) is 0.0978. The molecule has 1 heterocycles. The summed E-state index contributed by atoms with van der Waals surface area (Å²) in [4.78, 5) is 86.9. The lowest BCUT2D eigenvalue weighted by molar-refractivity contribution is -0.144. The Morgan fingerprint density at radius 3 is 2.33 bits per heavy atom. The molecule has 46 heavy (non-hydrogen) atoms. The molecule has 0 aliphatic carbocycles. The van der Waals surface area contributed by atoms with Gasteiger partial charge in [0.15, 0.2) is 5.78 Å². The first-order valence-corrected chi connectivity index (χ1v) is 15.8. The van der Waals surface area contributed by atoms with Gasteiger partial charge < -0.3 is 25.8 Å². The normalized spacial score (nSPS) is 15.1. The van der Waals surface area contributed by atoms with Gasteiger partial charge in [0.25, 0.3) is 11.8 Å². The van der Waals surface area contributed by atoms with Crippen LogP contribution in [0, 0.1) is 11.8 Å². The van der Waals surface area contributed by atoms with Crippen LogP contribution in [0.15, 0.2) is 34.8 Å². The van der Waals surface area contributed by atoms with Crippen LogP contribution in [0.2, 0.25) is 0 Å². The van der Waals surface area contributed by atoms with Crippen LogP contribution in [0.3, 0.4) is 0 Å². The number of Topliss-reactive ketones (excluding diaryl/α,β-unsaturated/α-hetero) is 2. The van der Waals surface area contributed by atoms with Crippen molar-refractivity contribution in [2.45, 2.75) is 71.9 Å². The third-order valence-electron chi connectivity index (χ3n) is 7.23. The predicted octanol–water partition coefficient (Wildman–Crippen LogP) is 2.47. The summed E-state index contributed by atoms with van der Waals surface area (Å²) in [6.45, 7) is 5.39. The molecular weight excluding hydrogens is 664 g/mol. The molecule has 1 aromatic rings. The summed E-state index contributed by atoms with van der Waals surface area (Å²) in [5.41, 5.74) is 6.50. The van der Waals surface area contributed by atoms with Gasteiger partial charge in [0.1, 0.15) is 12.4 Å². The first kappa shape index (κ1) is 36.6. The Labute approximate surface area is 278 Å². The summed E-state index contributed by atoms with van der Waals surface area (Å²) in [5.74, 6) is -3.38. The largest absolute Gasteiger partial charge is 0.461 e. The molecule has 0 saturated carbocycles. The van der Waals surface area contributed by atoms with E-state index >= 15 is 0 Å². The Morgan fingerprint density at radius 1 is 1.07 bits per heavy atom. The van der Waals surface area contributed by atoms with E-state index in [9.17, 15) is 33.6 Å². The molecule has 5 amide bonds. The summed E-state index contributed by atoms with van der Waals surface area (Å²) in [6.07, 6.45) is 0.747. The molecule has 14 heteroatoms. The summed E-state index contributed by atoms with van der Waals surface area (Å²) < 4.78 is 18.1. The van der Waals surface area contributed by atoms with Gasteiger partial charge >= 0.3 is 12.0 Å². The minimum absolute atomic E-state index is 0.000243. The van der Waals surface area contributed by atoms with E-state index in [1.807, 2.05) is 0 Å². The fourth-order valence-electron chi connectivity index (χ4n) is 4.54. The van der Waals surface area contributed by atoms with Crippen molar-refractivity contribution in [2.75, 3.05) is 26.3 Å². The number of hydrogen-bond acceptors (Lipinski definition) is 9. The molecule has 0 saturated heterocycles. The van der Waals surface area contributed by atoms with E-state index in [0.29, 0.717) is 17.5 Å². The summed E-state index contributed by atoms with van der Waals surface area (Å²) in [7, 11) is 0. The van der Waals surface area contributed by atoms with Crippen LogP contribution in [0.4, 0.5) is 4.79 Å². The van der Waals surface area contributed by atoms with Gasteiger partial charge in [-0.3, -0.25) is 33.7 Å². The molecule has 13 nitrogen and oxygen atoms in total. The van der Waals surface area contributed by atoms with Gasteiger partial charge in [0, 0.05) is 45.6 Å². The molecule has 4 N–H and O–H groups in total. The highest BCUT2D eigenvalue weighted by molar-refractivity contribution is 9.12. The van der Waals surface area contributed by atoms with E-state index in [2.05, 4.69) is 26.6 Å². The highest BCUT2D eigenvalue weighted by atomic mass is 79.9. The number of ketones is 2. The first-order valence-electron chi connectivity index (χ1n) is 15.6. The molecule has 252 valence electrons. The van der Waals surface area contributed by atoms with Crippen LogP contribution in [-0.2, 0) is 51.3 Å². The molecule has 0 fully saturated rings. The van der Waals surface area contributed by atoms with Crippen LogP contribution in [0.5, 0.6) is 0 Å². The van der Waals surface area contributed by atoms with Crippen molar-refractivity contribution in [3.8, 4) is 0 Å². The van der Waals surface area contributed by atoms with Crippen molar-refractivity contribution < 1.29 is 44.4 Å². The van der Waals surface area contributed by atoms with E-state index in [1.54, 1.807) is 38.1 Å². The Kier molecular flexibility index (Phi) is 15.6. The smallest absolute Gasteiger partial charge is 0.312 e. The zero-order chi connectivity index (χ0) is 35.1. The SMILES string of the molecule is [3H]C(C)C(=O)OCc1ccc(CC(=O)[C@H](CCCNC(N)=O)NC(=O)[C@@H](CC(=O)CCOCCN2C(=O)C=C(Br)C2=O)C(C)C)cc1. The van der Waals surface area contributed by atoms with Crippen molar-refractivity contribution in [3.05, 3.63) is 46.0 Å². The van der Waals surface area contributed by atoms with Gasteiger partial charge in [-0.2, -0.15) is 0 Å². The maximum atomic E-state index is 13.4. The zero-order valence-electron chi connectivity index (χ0n) is 27.3. The fourth-order valence-corrected chi connectivity index (χ4v) is 4.95. The predicted molar refractivity (Wildman–Crippen MR) is 171 cm³/mol. The molecule has 3 atom stereocenters. The lowest BCUT2D eigenvalue weighted by atomic mass is 9.88. The van der Waals surface area contributed by atoms with Gasteiger partial charge in [0.2, 0.25) is 5.91 Å². The molecule has 1 aliphatic rings. The molecule has 2 rings (SSSR count). The number of hydrogen-bond donors (Lipinski definition) is 3. The van der Waals surface area contributed by atoms with Gasteiger partial charge in [-0.15, -0.1) is 0 Å². The lowest BCUT2D eigenvalue weighted by Gasteiger charge is -2.24. The summed E-state index contributed by atoms with van der Waals surface area (Å²) in [5, 5.41) is 5.28. The number of amides is 5. The molecule has 0 aromatic heterocycles. The second kappa shape index (κ2) is 19.6. The Hall–Kier alpha value is -3.91. The Bertz CT molecular complexity index is 1330. The highest BCUT2D eigenvalue weighted by Crippen LogP contribution is 2.19. The topological polar surface area (TPSA) is 191 Å². The number of ether oxygens (including phenoxy) is 2. The Morgan fingerprint density at radius 2 is 1.74 bits per heavy atom. The van der Waals surface area contributed by atoms with Crippen LogP contribution in [0.1, 0.15) is 65.3 Å². The molecule has 0 spiro atoms. The van der Waals surface area contributed by atoms with Crippen molar-refractivity contribution in [3.63, 3.8) is 0 Å². The van der Waals surface area contributed by atoms with E-state index in [0.717, 1.165) is 4.90 Å². The van der Waals surface area contributed by atoms with Crippen LogP contribution < -0.4 is 16.4 Å². The number of imide groups is 1. The average molecular weight is 710 g/mol. The van der Waals surface area contributed by atoms with E-state index in [-0.39, 0.29) is 80.6 Å². The number of nitrogens with two attached hydrogens (primary N) is 1. The first-order chi connectivity index (χ1) is 22.2. The van der Waals surface area contributed by atoms with E-state index < -0.39 is 48.1 Å². The van der Waals surface area contributed by atoms with Gasteiger partial charge in [-0.05, 0) is 45.8 Å². The van der Waals surface area contributed by atoms with Crippen molar-refractivity contribution >= 4 is 57.2 Å². The Balaban J connectivity index is 1.94. The van der Waals surface area contributed by atoms with Gasteiger partial charge in [-0.25, -0.2) is 4.79 Å². The molecule has 1 aliphatic heterocycles. The second-order valence-electron chi connectivity index (χ2n) is 11.1. The standard InChI is InChI=1S/C32H43BrN4O9/c1-4-29(41)46-19-22-9-7-21(8-10-22)16-27(39)26(6-5-12-35-32(34)44)36-30(42)24(20(2)3)17-23(38)11-14-45-15-13-37-28(40)18-25(33)31(37)43/h7-10,18,20,24,26H,4-6,11-17,19H2,1-3H3,(H,36,42)(H3,34,35,44)/t24-,26-/m0/s1/i4T/t4?,24-,26-. The summed E-state index contributed by atoms with van der Waals surface area (Å²) >= 11 is 3.02. The zero-order valence-corrected chi connectivity index (χ0v) is 27.9. The average Bonchev–Trinajstić information content (AvgIpc) is 3.25. The maximum Gasteiger partial charge on any atom is 0.312 e. The second-order valence-corrected chi connectivity index (χ2v) is 11.9. The third kappa shape index (κ3) is 13.2. The van der Waals surface area contributed by atoms with Crippen LogP contribution in [0.25, 0.3) is 0 Å². The minimum Gasteiger partial charge on any atom is -0.461 e. The van der Waals surface area contributed by atoms with E-state index in [4.69, 9.17) is 16.6 Å². The monoisotopic (exact) mass is 708 g/mol. The van der Waals surface area contributed by atoms with Crippen molar-refractivity contribution in [1.82, 2.24) is 15.5 Å². The van der Waals surface area contributed by atoms with Crippen molar-refractivity contribution in [1.29, 1.82) is 0 Å². The molecule has 1 unspecified atom stereocenters. The van der Waals surface area contributed by atoms with Crippen LogP contribution in [-0.4, -0.2) is 78.5 Å². The summed E-state index contributed by atoms with van der Waals surface area (Å²) in [6, 6.07) is 5.26. The van der Waals surface area contributed by atoms with E-state index in [1.165, 1.54) is 13.0 Å². The number of rotatable bonds is 21. The molecule has 1 aromatic carbocycles. The number of halogens is 1. The van der Waals surface area contributed by atoms with Crippen LogP contribution >= 0.6 is 15.9 Å². The third-order valence-corrected chi connectivity index (χ3v) is 7.80. The number of benzene rings is 1. The fraction of sp³-hybridized carbons (Fsp3) is 0.531. The number of carbonyl (C=O) groups is 7. The number of nitrogens with zero attached hydrogens (tertiary/aromatic N) is 1. The number of carbonyl (C=O) groups excluding carboxylic acids is 7. The molecule has 0 radical (unpaired) electrons. The van der Waals surface area contributed by atoms with Gasteiger partial charge in [-0.1, -0.05) is 45.0 Å². The van der Waals surface area contributed by atoms with Gasteiger partial charge in [0.05, 0.1) is 30.3 Å². The number of esters is 1. The highest BCUT2D eigenvalue weighted by Gasteiger charge is 2.30. The number of nitrogens with one attached hydrogen (secondary N) is 2. The lowest BCUT2D eigenvalue weighted by Crippen LogP contribution is -2.46. The van der Waals surface area contributed by atoms with Crippen molar-refractivity contribution in [2.24, 2.45) is 17.6 Å². The maximum absolute atomic E-state index is 13.4. The molecular formula is C32H43BrN4O9. The minimum atomic E-state index is -0.987.